The lowest BCUT2D eigenvalue weighted by atomic mass is 9.50. The summed E-state index contributed by atoms with van der Waals surface area (Å²) in [6.07, 6.45) is 12.5. The van der Waals surface area contributed by atoms with Crippen molar-refractivity contribution in [3.63, 3.8) is 0 Å². The molecule has 0 amide bonds. The number of hydrogen-bond acceptors (Lipinski definition) is 12. The van der Waals surface area contributed by atoms with E-state index < -0.39 is 22.5 Å². The van der Waals surface area contributed by atoms with Gasteiger partial charge in [0.25, 0.3) is 0 Å². The standard InChI is InChI=1S/C25H18N10O3S2/c1-2-15(26-5-1)23(18-14-31-35-33-18)19(20-27-8-12-39-20)38-25(17-4-10-37-34-17,22-29-9-13-40-22)24(23,16-3-6-30-32-16)21-28-7-11-36-21/h1-14,19,26H,(H,30,32)(H,31,33,35). The maximum Gasteiger partial charge on any atom is 0.211 e. The van der Waals surface area contributed by atoms with E-state index in [0.29, 0.717) is 33.0 Å². The highest BCUT2D eigenvalue weighted by Crippen LogP contribution is 2.73. The average Bonchev–Trinajstić information content (AvgIpc) is 3.85. The molecular weight excluding hydrogens is 552 g/mol. The first kappa shape index (κ1) is 23.2. The fourth-order valence-corrected chi connectivity index (χ4v) is 7.85. The SMILES string of the molecule is c1c[nH]c(C2(c3cn[nH]n3)C(c3nccs3)OC(c3ccon3)(c3nccs3)C2(c2ccn[nH]2)c2ncco2)c1. The Hall–Kier alpha value is -4.73. The van der Waals surface area contributed by atoms with Crippen LogP contribution in [-0.2, 0) is 21.2 Å². The predicted molar refractivity (Wildman–Crippen MR) is 139 cm³/mol. The quantitative estimate of drug-likeness (QED) is 0.256. The van der Waals surface area contributed by atoms with Gasteiger partial charge in [-0.3, -0.25) is 5.10 Å². The zero-order valence-electron chi connectivity index (χ0n) is 20.3. The molecule has 7 aromatic heterocycles. The van der Waals surface area contributed by atoms with E-state index >= 15 is 0 Å². The number of ether oxygens (including phenoxy) is 1. The second-order valence-electron chi connectivity index (χ2n) is 9.08. The minimum Gasteiger partial charge on any atom is -0.448 e. The van der Waals surface area contributed by atoms with Crippen LogP contribution < -0.4 is 0 Å². The van der Waals surface area contributed by atoms with Crippen LogP contribution in [0.1, 0.15) is 44.8 Å². The number of hydrogen-bond donors (Lipinski definition) is 3. The fraction of sp³-hybridized carbons (Fsp3) is 0.160. The first-order valence-corrected chi connectivity index (χ1v) is 13.9. The van der Waals surface area contributed by atoms with E-state index in [2.05, 4.69) is 30.7 Å². The van der Waals surface area contributed by atoms with Crippen LogP contribution in [-0.4, -0.2) is 50.7 Å². The van der Waals surface area contributed by atoms with E-state index in [0.717, 1.165) is 5.69 Å². The van der Waals surface area contributed by atoms with Crippen molar-refractivity contribution in [2.45, 2.75) is 22.5 Å². The Morgan fingerprint density at radius 1 is 0.875 bits per heavy atom. The van der Waals surface area contributed by atoms with Crippen LogP contribution in [0.15, 0.2) is 93.7 Å². The molecule has 4 unspecified atom stereocenters. The summed E-state index contributed by atoms with van der Waals surface area (Å²) in [5.41, 5.74) is -1.82. The molecule has 0 spiro atoms. The summed E-state index contributed by atoms with van der Waals surface area (Å²) in [7, 11) is 0. The van der Waals surface area contributed by atoms with Gasteiger partial charge in [0.2, 0.25) is 5.89 Å². The maximum absolute atomic E-state index is 7.43. The molecule has 0 aliphatic carbocycles. The lowest BCUT2D eigenvalue weighted by Crippen LogP contribution is -2.59. The van der Waals surface area contributed by atoms with Gasteiger partial charge in [-0.15, -0.1) is 22.7 Å². The summed E-state index contributed by atoms with van der Waals surface area (Å²) in [6.45, 7) is 0. The third kappa shape index (κ3) is 2.70. The van der Waals surface area contributed by atoms with Gasteiger partial charge >= 0.3 is 0 Å². The number of rotatable bonds is 7. The molecule has 1 aliphatic rings. The molecule has 0 saturated carbocycles. The normalized spacial score (nSPS) is 26.4. The Labute approximate surface area is 232 Å². The number of oxazole rings is 1. The Morgan fingerprint density at radius 3 is 2.48 bits per heavy atom. The second kappa shape index (κ2) is 8.64. The van der Waals surface area contributed by atoms with Crippen molar-refractivity contribution in [3.05, 3.63) is 123 Å². The smallest absolute Gasteiger partial charge is 0.211 e. The van der Waals surface area contributed by atoms with Crippen LogP contribution >= 0.6 is 22.7 Å². The molecule has 0 radical (unpaired) electrons. The topological polar surface area (TPSA) is 173 Å². The molecule has 8 rings (SSSR count). The molecular formula is C25H18N10O3S2. The zero-order chi connectivity index (χ0) is 26.6. The minimum absolute atomic E-state index is 0.312. The lowest BCUT2D eigenvalue weighted by Gasteiger charge is -2.47. The molecule has 1 fully saturated rings. The van der Waals surface area contributed by atoms with Crippen molar-refractivity contribution in [1.29, 1.82) is 0 Å². The summed E-state index contributed by atoms with van der Waals surface area (Å²) in [5, 5.41) is 28.9. The van der Waals surface area contributed by atoms with Crippen molar-refractivity contribution in [1.82, 2.24) is 50.7 Å². The number of H-pyrrole nitrogens is 3. The Morgan fingerprint density at radius 2 is 1.82 bits per heavy atom. The van der Waals surface area contributed by atoms with Crippen molar-refractivity contribution in [2.24, 2.45) is 0 Å². The molecule has 40 heavy (non-hydrogen) atoms. The van der Waals surface area contributed by atoms with Crippen LogP contribution in [0.25, 0.3) is 0 Å². The van der Waals surface area contributed by atoms with Gasteiger partial charge in [-0.1, -0.05) is 5.16 Å². The molecule has 198 valence electrons. The predicted octanol–water partition coefficient (Wildman–Crippen LogP) is 3.73. The van der Waals surface area contributed by atoms with E-state index in [9.17, 15) is 0 Å². The third-order valence-electron chi connectivity index (χ3n) is 7.51. The van der Waals surface area contributed by atoms with E-state index in [1.807, 2.05) is 35.2 Å². The van der Waals surface area contributed by atoms with Gasteiger partial charge in [-0.25, -0.2) is 15.0 Å². The van der Waals surface area contributed by atoms with Gasteiger partial charge in [-0.2, -0.15) is 20.5 Å². The average molecular weight is 571 g/mol. The molecule has 3 N–H and O–H groups in total. The Kier molecular flexibility index (Phi) is 5.01. The first-order chi connectivity index (χ1) is 19.8. The van der Waals surface area contributed by atoms with Gasteiger partial charge in [0.05, 0.1) is 23.8 Å². The fourth-order valence-electron chi connectivity index (χ4n) is 6.28. The van der Waals surface area contributed by atoms with E-state index in [4.69, 9.17) is 33.7 Å². The maximum atomic E-state index is 7.43. The van der Waals surface area contributed by atoms with Crippen LogP contribution in [0.3, 0.4) is 0 Å². The first-order valence-electron chi connectivity index (χ1n) is 12.1. The van der Waals surface area contributed by atoms with Gasteiger partial charge in [0.15, 0.2) is 5.60 Å². The van der Waals surface area contributed by atoms with Gasteiger partial charge < -0.3 is 18.7 Å². The van der Waals surface area contributed by atoms with Crippen molar-refractivity contribution in [2.75, 3.05) is 0 Å². The van der Waals surface area contributed by atoms with Gasteiger partial charge in [-0.05, 0) is 18.2 Å². The summed E-state index contributed by atoms with van der Waals surface area (Å²) in [6, 6.07) is 7.54. The van der Waals surface area contributed by atoms with Crippen molar-refractivity contribution < 1.29 is 13.7 Å². The summed E-state index contributed by atoms with van der Waals surface area (Å²) in [5.74, 6) is 0.312. The number of nitrogens with one attached hydrogen (secondary N) is 3. The molecule has 13 nitrogen and oxygen atoms in total. The number of thiazole rings is 2. The van der Waals surface area contributed by atoms with Crippen molar-refractivity contribution >= 4 is 22.7 Å². The number of nitrogens with zero attached hydrogens (tertiary/aromatic N) is 7. The zero-order valence-corrected chi connectivity index (χ0v) is 22.0. The van der Waals surface area contributed by atoms with Gasteiger partial charge in [0, 0.05) is 47.3 Å². The monoisotopic (exact) mass is 570 g/mol. The van der Waals surface area contributed by atoms with Crippen LogP contribution in [0.2, 0.25) is 0 Å². The summed E-state index contributed by atoms with van der Waals surface area (Å²) in [4.78, 5) is 17.8. The highest BCUT2D eigenvalue weighted by Gasteiger charge is 2.83. The number of aromatic amines is 3. The molecule has 7 aromatic rings. The Balaban J connectivity index is 1.67. The number of aromatic nitrogens is 10. The van der Waals surface area contributed by atoms with E-state index in [1.165, 1.54) is 35.2 Å². The highest BCUT2D eigenvalue weighted by atomic mass is 32.1. The lowest BCUT2D eigenvalue weighted by molar-refractivity contribution is -0.0468. The van der Waals surface area contributed by atoms with Crippen LogP contribution in [0.4, 0.5) is 0 Å². The van der Waals surface area contributed by atoms with E-state index in [1.54, 1.807) is 37.1 Å². The molecule has 0 aromatic carbocycles. The molecule has 4 atom stereocenters. The molecule has 0 bridgehead atoms. The summed E-state index contributed by atoms with van der Waals surface area (Å²) >= 11 is 2.88. The van der Waals surface area contributed by atoms with Crippen molar-refractivity contribution in [3.8, 4) is 0 Å². The van der Waals surface area contributed by atoms with Gasteiger partial charge in [0.1, 0.15) is 45.2 Å². The Bertz CT molecular complexity index is 1680. The van der Waals surface area contributed by atoms with Crippen LogP contribution in [0, 0.1) is 0 Å². The minimum atomic E-state index is -1.49. The molecule has 8 heterocycles. The largest absolute Gasteiger partial charge is 0.448 e. The molecule has 15 heteroatoms. The molecule has 1 saturated heterocycles. The second-order valence-corrected chi connectivity index (χ2v) is 10.9. The third-order valence-corrected chi connectivity index (χ3v) is 9.21. The van der Waals surface area contributed by atoms with E-state index in [-0.39, 0.29) is 0 Å². The highest BCUT2D eigenvalue weighted by molar-refractivity contribution is 7.10. The molecule has 1 aliphatic heterocycles. The summed E-state index contributed by atoms with van der Waals surface area (Å²) < 4.78 is 19.2. The van der Waals surface area contributed by atoms with Crippen LogP contribution in [0.5, 0.6) is 0 Å².